The van der Waals surface area contributed by atoms with Crippen molar-refractivity contribution in [1.29, 1.82) is 0 Å². The third-order valence-corrected chi connectivity index (χ3v) is 4.01. The van der Waals surface area contributed by atoms with Crippen molar-refractivity contribution in [2.24, 2.45) is 5.92 Å². The van der Waals surface area contributed by atoms with E-state index in [0.29, 0.717) is 5.56 Å². The molecule has 0 amide bonds. The predicted octanol–water partition coefficient (Wildman–Crippen LogP) is 2.61. The Balaban J connectivity index is 1.92. The third kappa shape index (κ3) is 3.54. The summed E-state index contributed by atoms with van der Waals surface area (Å²) in [5.74, 6) is -0.187. The van der Waals surface area contributed by atoms with Gasteiger partial charge in [-0.05, 0) is 56.2 Å². The summed E-state index contributed by atoms with van der Waals surface area (Å²) in [6.45, 7) is 4.41. The molecule has 3 nitrogen and oxygen atoms in total. The number of thiocarbonyl (C=S) groups is 1. The van der Waals surface area contributed by atoms with Gasteiger partial charge in [0.15, 0.2) is 10.9 Å². The number of carbonyl (C=O) groups is 1. The van der Waals surface area contributed by atoms with E-state index in [1.54, 1.807) is 12.1 Å². The minimum atomic E-state index is -0.313. The van der Waals surface area contributed by atoms with Crippen LogP contribution in [0.2, 0.25) is 0 Å². The van der Waals surface area contributed by atoms with Crippen molar-refractivity contribution < 1.29 is 9.18 Å². The number of ketones is 1. The molecule has 1 N–H and O–H groups in total. The van der Waals surface area contributed by atoms with Crippen LogP contribution in [-0.4, -0.2) is 35.4 Å². The molecule has 0 atom stereocenters. The van der Waals surface area contributed by atoms with Crippen molar-refractivity contribution in [2.45, 2.75) is 19.8 Å². The average Bonchev–Trinajstić information content (AvgIpc) is 2.48. The Hall–Kier alpha value is -1.49. The van der Waals surface area contributed by atoms with Gasteiger partial charge >= 0.3 is 0 Å². The summed E-state index contributed by atoms with van der Waals surface area (Å²) < 4.78 is 12.9. The Morgan fingerprint density at radius 2 is 1.95 bits per heavy atom. The Labute approximate surface area is 124 Å². The van der Waals surface area contributed by atoms with Gasteiger partial charge in [-0.2, -0.15) is 0 Å². The summed E-state index contributed by atoms with van der Waals surface area (Å²) >= 11 is 5.27. The summed E-state index contributed by atoms with van der Waals surface area (Å²) in [5, 5.41) is 3.89. The van der Waals surface area contributed by atoms with Crippen LogP contribution in [0, 0.1) is 11.7 Å². The van der Waals surface area contributed by atoms with Crippen LogP contribution in [0.5, 0.6) is 0 Å². The number of halogens is 1. The quantitative estimate of drug-likeness (QED) is 0.686. The minimum absolute atomic E-state index is 0.0149. The zero-order valence-electron chi connectivity index (χ0n) is 11.6. The lowest BCUT2D eigenvalue weighted by molar-refractivity contribution is 0.0872. The van der Waals surface area contributed by atoms with Gasteiger partial charge in [0.2, 0.25) is 0 Å². The fourth-order valence-electron chi connectivity index (χ4n) is 2.46. The molecule has 0 bridgehead atoms. The SMILES string of the molecule is CCNC(=S)N1CCC(C(=O)c2ccc(F)cc2)CC1. The molecule has 0 spiro atoms. The lowest BCUT2D eigenvalue weighted by Crippen LogP contribution is -2.45. The maximum absolute atomic E-state index is 12.9. The van der Waals surface area contributed by atoms with Gasteiger partial charge in [0.25, 0.3) is 0 Å². The highest BCUT2D eigenvalue weighted by Crippen LogP contribution is 2.22. The molecule has 1 aliphatic heterocycles. The highest BCUT2D eigenvalue weighted by atomic mass is 32.1. The molecule has 1 heterocycles. The van der Waals surface area contributed by atoms with E-state index in [0.717, 1.165) is 37.6 Å². The van der Waals surface area contributed by atoms with Crippen LogP contribution >= 0.6 is 12.2 Å². The number of hydrogen-bond acceptors (Lipinski definition) is 2. The zero-order chi connectivity index (χ0) is 14.5. The number of likely N-dealkylation sites (tertiary alicyclic amines) is 1. The monoisotopic (exact) mass is 294 g/mol. The molecule has 5 heteroatoms. The van der Waals surface area contributed by atoms with Crippen LogP contribution in [0.3, 0.4) is 0 Å². The maximum atomic E-state index is 12.9. The van der Waals surface area contributed by atoms with Gasteiger partial charge in [0.05, 0.1) is 0 Å². The summed E-state index contributed by atoms with van der Waals surface area (Å²) in [6, 6.07) is 5.80. The average molecular weight is 294 g/mol. The van der Waals surface area contributed by atoms with E-state index in [1.165, 1.54) is 12.1 Å². The topological polar surface area (TPSA) is 32.3 Å². The fourth-order valence-corrected chi connectivity index (χ4v) is 2.78. The van der Waals surface area contributed by atoms with Crippen molar-refractivity contribution in [1.82, 2.24) is 10.2 Å². The van der Waals surface area contributed by atoms with Crippen LogP contribution < -0.4 is 5.32 Å². The van der Waals surface area contributed by atoms with E-state index in [9.17, 15) is 9.18 Å². The molecule has 0 aromatic heterocycles. The van der Waals surface area contributed by atoms with Crippen molar-refractivity contribution in [2.75, 3.05) is 19.6 Å². The fraction of sp³-hybridized carbons (Fsp3) is 0.467. The number of nitrogens with zero attached hydrogens (tertiary/aromatic N) is 1. The van der Waals surface area contributed by atoms with Gasteiger partial charge in [-0.3, -0.25) is 4.79 Å². The number of carbonyl (C=O) groups excluding carboxylic acids is 1. The number of hydrogen-bond donors (Lipinski definition) is 1. The molecular weight excluding hydrogens is 275 g/mol. The van der Waals surface area contributed by atoms with Gasteiger partial charge < -0.3 is 10.2 Å². The van der Waals surface area contributed by atoms with Crippen LogP contribution in [0.4, 0.5) is 4.39 Å². The molecule has 2 rings (SSSR count). The second-order valence-electron chi connectivity index (χ2n) is 4.97. The molecule has 1 aromatic rings. The third-order valence-electron chi connectivity index (χ3n) is 3.61. The first-order valence-corrected chi connectivity index (χ1v) is 7.35. The highest BCUT2D eigenvalue weighted by Gasteiger charge is 2.26. The van der Waals surface area contributed by atoms with E-state index in [2.05, 4.69) is 10.2 Å². The first-order valence-electron chi connectivity index (χ1n) is 6.94. The number of benzene rings is 1. The summed E-state index contributed by atoms with van der Waals surface area (Å²) in [5.41, 5.74) is 0.596. The van der Waals surface area contributed by atoms with Crippen LogP contribution in [-0.2, 0) is 0 Å². The van der Waals surface area contributed by atoms with E-state index in [1.807, 2.05) is 6.92 Å². The number of Topliss-reactive ketones (excluding diaryl/α,β-unsaturated/α-hetero) is 1. The van der Waals surface area contributed by atoms with E-state index in [4.69, 9.17) is 12.2 Å². The Morgan fingerprint density at radius 1 is 1.35 bits per heavy atom. The standard InChI is InChI=1S/C15H19FN2OS/c1-2-17-15(20)18-9-7-12(8-10-18)14(19)11-3-5-13(16)6-4-11/h3-6,12H,2,7-10H2,1H3,(H,17,20). The van der Waals surface area contributed by atoms with E-state index >= 15 is 0 Å². The normalized spacial score (nSPS) is 16.0. The molecule has 0 unspecified atom stereocenters. The first-order chi connectivity index (χ1) is 9.61. The molecule has 0 radical (unpaired) electrons. The highest BCUT2D eigenvalue weighted by molar-refractivity contribution is 7.80. The molecule has 1 aliphatic rings. The number of nitrogens with one attached hydrogen (secondary N) is 1. The molecule has 1 aromatic carbocycles. The summed E-state index contributed by atoms with van der Waals surface area (Å²) in [4.78, 5) is 14.4. The zero-order valence-corrected chi connectivity index (χ0v) is 12.4. The molecule has 0 saturated carbocycles. The van der Waals surface area contributed by atoms with Gasteiger partial charge in [0, 0.05) is 31.1 Å². The van der Waals surface area contributed by atoms with E-state index in [-0.39, 0.29) is 17.5 Å². The lowest BCUT2D eigenvalue weighted by atomic mass is 9.89. The van der Waals surface area contributed by atoms with Crippen LogP contribution in [0.25, 0.3) is 0 Å². The Morgan fingerprint density at radius 3 is 2.50 bits per heavy atom. The number of piperidine rings is 1. The molecule has 1 fully saturated rings. The van der Waals surface area contributed by atoms with Gasteiger partial charge in [-0.15, -0.1) is 0 Å². The second kappa shape index (κ2) is 6.79. The molecular formula is C15H19FN2OS. The second-order valence-corrected chi connectivity index (χ2v) is 5.35. The molecule has 0 aliphatic carbocycles. The smallest absolute Gasteiger partial charge is 0.168 e. The molecule has 1 saturated heterocycles. The van der Waals surface area contributed by atoms with Crippen LogP contribution in [0.1, 0.15) is 30.1 Å². The lowest BCUT2D eigenvalue weighted by Gasteiger charge is -2.33. The number of rotatable bonds is 3. The van der Waals surface area contributed by atoms with E-state index < -0.39 is 0 Å². The predicted molar refractivity (Wildman–Crippen MR) is 81.3 cm³/mol. The largest absolute Gasteiger partial charge is 0.363 e. The Bertz CT molecular complexity index is 481. The van der Waals surface area contributed by atoms with Crippen molar-refractivity contribution in [3.63, 3.8) is 0 Å². The van der Waals surface area contributed by atoms with Crippen molar-refractivity contribution >= 4 is 23.1 Å². The van der Waals surface area contributed by atoms with Crippen molar-refractivity contribution in [3.8, 4) is 0 Å². The minimum Gasteiger partial charge on any atom is -0.363 e. The first kappa shape index (κ1) is 14.9. The Kier molecular flexibility index (Phi) is 5.06. The van der Waals surface area contributed by atoms with Crippen LogP contribution in [0.15, 0.2) is 24.3 Å². The van der Waals surface area contributed by atoms with Crippen molar-refractivity contribution in [3.05, 3.63) is 35.6 Å². The van der Waals surface area contributed by atoms with Gasteiger partial charge in [-0.25, -0.2) is 4.39 Å². The molecule has 20 heavy (non-hydrogen) atoms. The molecule has 108 valence electrons. The van der Waals surface area contributed by atoms with Gasteiger partial charge in [0.1, 0.15) is 5.82 Å². The van der Waals surface area contributed by atoms with Gasteiger partial charge in [-0.1, -0.05) is 0 Å². The summed E-state index contributed by atoms with van der Waals surface area (Å²) in [6.07, 6.45) is 1.59. The summed E-state index contributed by atoms with van der Waals surface area (Å²) in [7, 11) is 0. The maximum Gasteiger partial charge on any atom is 0.168 e.